The molecule has 0 aliphatic rings. The number of rotatable bonds is 7. The Bertz CT molecular complexity index is 434. The van der Waals surface area contributed by atoms with Crippen molar-refractivity contribution in [1.29, 1.82) is 5.26 Å². The largest absolute Gasteiger partial charge is 0.350 e. The van der Waals surface area contributed by atoms with Crippen molar-refractivity contribution in [2.24, 2.45) is 5.92 Å². The fourth-order valence-corrected chi connectivity index (χ4v) is 1.77. The van der Waals surface area contributed by atoms with Crippen molar-refractivity contribution < 1.29 is 9.59 Å². The van der Waals surface area contributed by atoms with Crippen LogP contribution in [0.15, 0.2) is 0 Å². The molecule has 2 N–H and O–H groups in total. The van der Waals surface area contributed by atoms with Gasteiger partial charge in [-0.2, -0.15) is 5.26 Å². The molecule has 0 rings (SSSR count). The zero-order chi connectivity index (χ0) is 17.6. The summed E-state index contributed by atoms with van der Waals surface area (Å²) in [6, 6.07) is 2.14. The normalized spacial score (nSPS) is 14.4. The molecule has 0 aromatic rings. The second-order valence-corrected chi connectivity index (χ2v) is 7.12. The van der Waals surface area contributed by atoms with Gasteiger partial charge in [0.15, 0.2) is 0 Å². The van der Waals surface area contributed by atoms with E-state index in [1.807, 2.05) is 41.5 Å². The van der Waals surface area contributed by atoms with Crippen LogP contribution in [0.25, 0.3) is 0 Å². The van der Waals surface area contributed by atoms with E-state index in [9.17, 15) is 14.9 Å². The van der Waals surface area contributed by atoms with Crippen LogP contribution in [-0.2, 0) is 9.59 Å². The summed E-state index contributed by atoms with van der Waals surface area (Å²) in [6.45, 7) is 13.9. The maximum atomic E-state index is 12.1. The molecule has 0 heterocycles. The molecule has 126 valence electrons. The number of hydrogen-bond donors (Lipinski definition) is 2. The lowest BCUT2D eigenvalue weighted by molar-refractivity contribution is -0.126. The number of carbonyl (C=O) groups excluding carboxylic acids is 2. The number of nitriles is 1. The SMILES string of the molecule is CCN(CC(=O)NC(C)(C)C)CC(=O)N[C@@](C)(C#N)C(C)C. The molecular weight excluding hydrogens is 280 g/mol. The Kier molecular flexibility index (Phi) is 7.54. The van der Waals surface area contributed by atoms with Crippen molar-refractivity contribution in [2.75, 3.05) is 19.6 Å². The number of nitrogens with one attached hydrogen (secondary N) is 2. The summed E-state index contributed by atoms with van der Waals surface area (Å²) in [5.41, 5.74) is -1.19. The van der Waals surface area contributed by atoms with E-state index in [2.05, 4.69) is 16.7 Å². The Labute approximate surface area is 134 Å². The minimum absolute atomic E-state index is 0.000663. The fourth-order valence-electron chi connectivity index (χ4n) is 1.77. The minimum atomic E-state index is -0.899. The van der Waals surface area contributed by atoms with E-state index >= 15 is 0 Å². The van der Waals surface area contributed by atoms with Gasteiger partial charge in [-0.15, -0.1) is 0 Å². The Morgan fingerprint density at radius 2 is 1.55 bits per heavy atom. The number of hydrogen-bond acceptors (Lipinski definition) is 4. The molecule has 0 saturated carbocycles. The molecule has 0 aromatic heterocycles. The highest BCUT2D eigenvalue weighted by molar-refractivity contribution is 5.82. The molecule has 0 aliphatic carbocycles. The van der Waals surface area contributed by atoms with E-state index < -0.39 is 5.54 Å². The summed E-state index contributed by atoms with van der Waals surface area (Å²) < 4.78 is 0. The minimum Gasteiger partial charge on any atom is -0.350 e. The summed E-state index contributed by atoms with van der Waals surface area (Å²) in [6.07, 6.45) is 0. The molecule has 0 saturated heterocycles. The van der Waals surface area contributed by atoms with Crippen LogP contribution in [0, 0.1) is 17.2 Å². The summed E-state index contributed by atoms with van der Waals surface area (Å²) in [4.78, 5) is 25.8. The second kappa shape index (κ2) is 8.14. The lowest BCUT2D eigenvalue weighted by Gasteiger charge is -2.29. The van der Waals surface area contributed by atoms with Crippen molar-refractivity contribution in [2.45, 2.75) is 59.5 Å². The van der Waals surface area contributed by atoms with Crippen LogP contribution < -0.4 is 10.6 Å². The van der Waals surface area contributed by atoms with Crippen molar-refractivity contribution in [3.8, 4) is 6.07 Å². The maximum absolute atomic E-state index is 12.1. The van der Waals surface area contributed by atoms with Crippen LogP contribution in [-0.4, -0.2) is 47.4 Å². The zero-order valence-electron chi connectivity index (χ0n) is 14.9. The van der Waals surface area contributed by atoms with E-state index in [0.29, 0.717) is 6.54 Å². The summed E-state index contributed by atoms with van der Waals surface area (Å²) in [5, 5.41) is 14.9. The average Bonchev–Trinajstić information content (AvgIpc) is 2.34. The third kappa shape index (κ3) is 7.41. The van der Waals surface area contributed by atoms with Gasteiger partial charge in [-0.05, 0) is 40.2 Å². The highest BCUT2D eigenvalue weighted by atomic mass is 16.2. The molecule has 0 radical (unpaired) electrons. The lowest BCUT2D eigenvalue weighted by Crippen LogP contribution is -2.53. The molecule has 6 heteroatoms. The molecule has 0 bridgehead atoms. The molecule has 0 fully saturated rings. The summed E-state index contributed by atoms with van der Waals surface area (Å²) in [5.74, 6) is -0.363. The quantitative estimate of drug-likeness (QED) is 0.742. The maximum Gasteiger partial charge on any atom is 0.235 e. The Balaban J connectivity index is 4.60. The van der Waals surface area contributed by atoms with Gasteiger partial charge in [0.05, 0.1) is 19.2 Å². The monoisotopic (exact) mass is 310 g/mol. The Morgan fingerprint density at radius 1 is 1.09 bits per heavy atom. The van der Waals surface area contributed by atoms with Crippen molar-refractivity contribution >= 4 is 11.8 Å². The molecule has 1 atom stereocenters. The number of carbonyl (C=O) groups is 2. The van der Waals surface area contributed by atoms with Crippen LogP contribution in [0.3, 0.4) is 0 Å². The molecular formula is C16H30N4O2. The standard InChI is InChI=1S/C16H30N4O2/c1-8-20(9-13(21)18-15(4,5)6)10-14(22)19-16(7,11-17)12(2)3/h12H,8-10H2,1-7H3,(H,18,21)(H,19,22)/t16-/m0/s1. The first kappa shape index (κ1) is 20.4. The van der Waals surface area contributed by atoms with Crippen LogP contribution in [0.4, 0.5) is 0 Å². The molecule has 0 unspecified atom stereocenters. The highest BCUT2D eigenvalue weighted by Gasteiger charge is 2.30. The van der Waals surface area contributed by atoms with Crippen molar-refractivity contribution in [3.63, 3.8) is 0 Å². The van der Waals surface area contributed by atoms with E-state index in [-0.39, 0.29) is 36.4 Å². The third-order valence-corrected chi connectivity index (χ3v) is 3.48. The number of likely N-dealkylation sites (N-methyl/N-ethyl adjacent to an activating group) is 1. The molecule has 22 heavy (non-hydrogen) atoms. The third-order valence-electron chi connectivity index (χ3n) is 3.48. The van der Waals surface area contributed by atoms with Gasteiger partial charge in [0.1, 0.15) is 5.54 Å². The van der Waals surface area contributed by atoms with E-state index in [1.54, 1.807) is 11.8 Å². The number of nitrogens with zero attached hydrogens (tertiary/aromatic N) is 2. The van der Waals surface area contributed by atoms with Gasteiger partial charge in [-0.3, -0.25) is 14.5 Å². The van der Waals surface area contributed by atoms with Crippen LogP contribution >= 0.6 is 0 Å². The number of amides is 2. The van der Waals surface area contributed by atoms with Gasteiger partial charge in [0.25, 0.3) is 0 Å². The van der Waals surface area contributed by atoms with Crippen molar-refractivity contribution in [1.82, 2.24) is 15.5 Å². The average molecular weight is 310 g/mol. The van der Waals surface area contributed by atoms with Gasteiger partial charge in [-0.1, -0.05) is 20.8 Å². The first-order valence-corrected chi connectivity index (χ1v) is 7.69. The smallest absolute Gasteiger partial charge is 0.235 e. The van der Waals surface area contributed by atoms with Gasteiger partial charge in [-0.25, -0.2) is 0 Å². The molecule has 0 aromatic carbocycles. The summed E-state index contributed by atoms with van der Waals surface area (Å²) in [7, 11) is 0. The Morgan fingerprint density at radius 3 is 1.86 bits per heavy atom. The zero-order valence-corrected chi connectivity index (χ0v) is 14.9. The van der Waals surface area contributed by atoms with Gasteiger partial charge >= 0.3 is 0 Å². The van der Waals surface area contributed by atoms with Crippen LogP contribution in [0.1, 0.15) is 48.5 Å². The first-order valence-electron chi connectivity index (χ1n) is 7.69. The fraction of sp³-hybridized carbons (Fsp3) is 0.812. The lowest BCUT2D eigenvalue weighted by atomic mass is 9.90. The van der Waals surface area contributed by atoms with Crippen LogP contribution in [0.5, 0.6) is 0 Å². The second-order valence-electron chi connectivity index (χ2n) is 7.12. The van der Waals surface area contributed by atoms with Crippen molar-refractivity contribution in [3.05, 3.63) is 0 Å². The van der Waals surface area contributed by atoms with Gasteiger partial charge in [0, 0.05) is 5.54 Å². The van der Waals surface area contributed by atoms with Gasteiger partial charge in [0.2, 0.25) is 11.8 Å². The molecule has 6 nitrogen and oxygen atoms in total. The van der Waals surface area contributed by atoms with Crippen LogP contribution in [0.2, 0.25) is 0 Å². The van der Waals surface area contributed by atoms with Gasteiger partial charge < -0.3 is 10.6 Å². The predicted octanol–water partition coefficient (Wildman–Crippen LogP) is 1.28. The molecule has 0 aliphatic heterocycles. The Hall–Kier alpha value is -1.61. The van der Waals surface area contributed by atoms with E-state index in [4.69, 9.17) is 0 Å². The first-order chi connectivity index (χ1) is 9.93. The predicted molar refractivity (Wildman–Crippen MR) is 87.0 cm³/mol. The summed E-state index contributed by atoms with van der Waals surface area (Å²) >= 11 is 0. The van der Waals surface area contributed by atoms with E-state index in [0.717, 1.165) is 0 Å². The molecule has 2 amide bonds. The topological polar surface area (TPSA) is 85.2 Å². The molecule has 0 spiro atoms. The van der Waals surface area contributed by atoms with E-state index in [1.165, 1.54) is 0 Å². The highest BCUT2D eigenvalue weighted by Crippen LogP contribution is 2.14.